The number of amides is 1. The first-order valence-corrected chi connectivity index (χ1v) is 8.15. The molecule has 0 spiro atoms. The molecule has 0 aliphatic heterocycles. The Labute approximate surface area is 152 Å². The number of hydrogen-bond acceptors (Lipinski definition) is 4. The number of carbonyl (C=O) groups is 1. The molecule has 0 saturated carbocycles. The van der Waals surface area contributed by atoms with Gasteiger partial charge in [-0.25, -0.2) is 0 Å². The molecule has 0 fully saturated rings. The maximum Gasteiger partial charge on any atom is 0.255 e. The second-order valence-electron chi connectivity index (χ2n) is 5.59. The Morgan fingerprint density at radius 2 is 1.54 bits per heavy atom. The summed E-state index contributed by atoms with van der Waals surface area (Å²) in [6.07, 6.45) is 0. The molecular formula is C21H20N2O3. The van der Waals surface area contributed by atoms with Gasteiger partial charge in [-0.1, -0.05) is 18.2 Å². The Kier molecular flexibility index (Phi) is 5.39. The van der Waals surface area contributed by atoms with Crippen LogP contribution in [-0.2, 0) is 0 Å². The number of ether oxygens (including phenoxy) is 2. The van der Waals surface area contributed by atoms with Crippen LogP contribution in [0.4, 0.5) is 17.1 Å². The molecule has 5 nitrogen and oxygen atoms in total. The van der Waals surface area contributed by atoms with Crippen LogP contribution in [-0.4, -0.2) is 20.1 Å². The molecule has 5 heteroatoms. The molecule has 3 aromatic carbocycles. The van der Waals surface area contributed by atoms with Gasteiger partial charge < -0.3 is 20.1 Å². The van der Waals surface area contributed by atoms with Crippen molar-refractivity contribution in [2.45, 2.75) is 0 Å². The number of anilines is 3. The lowest BCUT2D eigenvalue weighted by Crippen LogP contribution is -2.11. The molecule has 0 aliphatic carbocycles. The van der Waals surface area contributed by atoms with Crippen molar-refractivity contribution in [3.8, 4) is 11.5 Å². The lowest BCUT2D eigenvalue weighted by Gasteiger charge is -2.12. The highest BCUT2D eigenvalue weighted by Gasteiger charge is 2.07. The van der Waals surface area contributed by atoms with Gasteiger partial charge in [0.2, 0.25) is 0 Å². The van der Waals surface area contributed by atoms with Gasteiger partial charge >= 0.3 is 0 Å². The Hall–Kier alpha value is -3.47. The van der Waals surface area contributed by atoms with Crippen LogP contribution in [0.1, 0.15) is 10.4 Å². The van der Waals surface area contributed by atoms with Crippen molar-refractivity contribution in [3.05, 3.63) is 78.4 Å². The smallest absolute Gasteiger partial charge is 0.255 e. The van der Waals surface area contributed by atoms with E-state index in [9.17, 15) is 4.79 Å². The van der Waals surface area contributed by atoms with Crippen molar-refractivity contribution >= 4 is 23.0 Å². The number of carbonyl (C=O) groups excluding carboxylic acids is 1. The highest BCUT2D eigenvalue weighted by atomic mass is 16.5. The highest BCUT2D eigenvalue weighted by molar-refractivity contribution is 6.04. The maximum atomic E-state index is 12.3. The van der Waals surface area contributed by atoms with E-state index in [1.807, 2.05) is 48.5 Å². The predicted octanol–water partition coefficient (Wildman–Crippen LogP) is 4.70. The zero-order chi connectivity index (χ0) is 18.4. The Bertz CT molecular complexity index is 892. The third-order valence-electron chi connectivity index (χ3n) is 3.86. The predicted molar refractivity (Wildman–Crippen MR) is 104 cm³/mol. The van der Waals surface area contributed by atoms with Crippen LogP contribution in [0.25, 0.3) is 0 Å². The van der Waals surface area contributed by atoms with Gasteiger partial charge in [-0.2, -0.15) is 0 Å². The number of benzene rings is 3. The topological polar surface area (TPSA) is 59.6 Å². The van der Waals surface area contributed by atoms with Crippen LogP contribution in [0.15, 0.2) is 72.8 Å². The van der Waals surface area contributed by atoms with Crippen molar-refractivity contribution in [3.63, 3.8) is 0 Å². The van der Waals surface area contributed by atoms with Crippen LogP contribution < -0.4 is 20.1 Å². The fourth-order valence-corrected chi connectivity index (χ4v) is 2.51. The molecule has 132 valence electrons. The highest BCUT2D eigenvalue weighted by Crippen LogP contribution is 2.27. The van der Waals surface area contributed by atoms with E-state index in [1.54, 1.807) is 38.5 Å². The van der Waals surface area contributed by atoms with E-state index in [4.69, 9.17) is 9.47 Å². The normalized spacial score (nSPS) is 10.1. The fourth-order valence-electron chi connectivity index (χ4n) is 2.51. The van der Waals surface area contributed by atoms with E-state index in [2.05, 4.69) is 10.6 Å². The van der Waals surface area contributed by atoms with Gasteiger partial charge in [-0.3, -0.25) is 4.79 Å². The third kappa shape index (κ3) is 4.13. The molecule has 1 amide bonds. The molecule has 0 heterocycles. The fraction of sp³-hybridized carbons (Fsp3) is 0.0952. The summed E-state index contributed by atoms with van der Waals surface area (Å²) in [7, 11) is 3.21. The van der Waals surface area contributed by atoms with E-state index in [1.165, 1.54) is 0 Å². The zero-order valence-electron chi connectivity index (χ0n) is 14.7. The Morgan fingerprint density at radius 1 is 0.808 bits per heavy atom. The number of para-hydroxylation sites is 2. The summed E-state index contributed by atoms with van der Waals surface area (Å²) in [6, 6.07) is 22.2. The van der Waals surface area contributed by atoms with Crippen molar-refractivity contribution < 1.29 is 14.3 Å². The van der Waals surface area contributed by atoms with Gasteiger partial charge in [0, 0.05) is 16.9 Å². The second-order valence-corrected chi connectivity index (χ2v) is 5.59. The van der Waals surface area contributed by atoms with Crippen LogP contribution in [0.5, 0.6) is 11.5 Å². The standard InChI is InChI=1S/C21H20N2O3/c1-25-18-7-5-6-15(14-18)21(24)23-17-12-10-16(11-13-17)22-19-8-3-4-9-20(19)26-2/h3-14,22H,1-2H3,(H,23,24). The summed E-state index contributed by atoms with van der Waals surface area (Å²) in [4.78, 5) is 12.3. The van der Waals surface area contributed by atoms with Crippen LogP contribution in [0.2, 0.25) is 0 Å². The number of nitrogens with one attached hydrogen (secondary N) is 2. The minimum absolute atomic E-state index is 0.186. The second kappa shape index (κ2) is 8.07. The molecule has 0 aromatic heterocycles. The lowest BCUT2D eigenvalue weighted by atomic mass is 10.2. The monoisotopic (exact) mass is 348 g/mol. The average Bonchev–Trinajstić information content (AvgIpc) is 2.70. The molecular weight excluding hydrogens is 328 g/mol. The maximum absolute atomic E-state index is 12.3. The average molecular weight is 348 g/mol. The molecule has 26 heavy (non-hydrogen) atoms. The minimum atomic E-state index is -0.186. The van der Waals surface area contributed by atoms with Gasteiger partial charge in [-0.05, 0) is 54.6 Å². The van der Waals surface area contributed by atoms with E-state index in [-0.39, 0.29) is 5.91 Å². The summed E-state index contributed by atoms with van der Waals surface area (Å²) in [6.45, 7) is 0. The molecule has 0 bridgehead atoms. The first-order chi connectivity index (χ1) is 12.7. The first-order valence-electron chi connectivity index (χ1n) is 8.15. The van der Waals surface area contributed by atoms with E-state index in [0.717, 1.165) is 17.1 Å². The Morgan fingerprint density at radius 3 is 2.27 bits per heavy atom. The van der Waals surface area contributed by atoms with E-state index in [0.29, 0.717) is 17.0 Å². The molecule has 0 radical (unpaired) electrons. The third-order valence-corrected chi connectivity index (χ3v) is 3.86. The molecule has 0 atom stereocenters. The number of methoxy groups -OCH3 is 2. The molecule has 3 aromatic rings. The van der Waals surface area contributed by atoms with Crippen molar-refractivity contribution in [2.24, 2.45) is 0 Å². The zero-order valence-corrected chi connectivity index (χ0v) is 14.7. The molecule has 0 saturated heterocycles. The number of rotatable bonds is 6. The lowest BCUT2D eigenvalue weighted by molar-refractivity contribution is 0.102. The van der Waals surface area contributed by atoms with Crippen LogP contribution in [0.3, 0.4) is 0 Å². The van der Waals surface area contributed by atoms with Gasteiger partial charge in [0.1, 0.15) is 11.5 Å². The molecule has 0 unspecified atom stereocenters. The molecule has 2 N–H and O–H groups in total. The van der Waals surface area contributed by atoms with Gasteiger partial charge in [0.05, 0.1) is 19.9 Å². The minimum Gasteiger partial charge on any atom is -0.497 e. The summed E-state index contributed by atoms with van der Waals surface area (Å²) in [5, 5.41) is 6.17. The summed E-state index contributed by atoms with van der Waals surface area (Å²) < 4.78 is 10.5. The van der Waals surface area contributed by atoms with E-state index < -0.39 is 0 Å². The Balaban J connectivity index is 1.68. The van der Waals surface area contributed by atoms with Gasteiger partial charge in [0.25, 0.3) is 5.91 Å². The van der Waals surface area contributed by atoms with Crippen molar-refractivity contribution in [1.82, 2.24) is 0 Å². The van der Waals surface area contributed by atoms with Crippen LogP contribution in [0, 0.1) is 0 Å². The van der Waals surface area contributed by atoms with Gasteiger partial charge in [-0.15, -0.1) is 0 Å². The summed E-state index contributed by atoms with van der Waals surface area (Å²) in [5.41, 5.74) is 3.03. The van der Waals surface area contributed by atoms with E-state index >= 15 is 0 Å². The molecule has 3 rings (SSSR count). The quantitative estimate of drug-likeness (QED) is 0.678. The summed E-state index contributed by atoms with van der Waals surface area (Å²) in [5.74, 6) is 1.23. The largest absolute Gasteiger partial charge is 0.497 e. The SMILES string of the molecule is COc1cccc(C(=O)Nc2ccc(Nc3ccccc3OC)cc2)c1. The number of hydrogen-bond donors (Lipinski definition) is 2. The van der Waals surface area contributed by atoms with Crippen molar-refractivity contribution in [2.75, 3.05) is 24.9 Å². The van der Waals surface area contributed by atoms with Gasteiger partial charge in [0.15, 0.2) is 0 Å². The summed E-state index contributed by atoms with van der Waals surface area (Å²) >= 11 is 0. The molecule has 0 aliphatic rings. The first kappa shape index (κ1) is 17.4. The van der Waals surface area contributed by atoms with Crippen molar-refractivity contribution in [1.29, 1.82) is 0 Å². The van der Waals surface area contributed by atoms with Crippen LogP contribution >= 0.6 is 0 Å².